The van der Waals surface area contributed by atoms with Gasteiger partial charge in [0.25, 0.3) is 5.91 Å². The van der Waals surface area contributed by atoms with E-state index in [1.807, 2.05) is 39.1 Å². The molecule has 0 radical (unpaired) electrons. The number of carbonyl (C=O) groups excluding carboxylic acids is 2. The summed E-state index contributed by atoms with van der Waals surface area (Å²) >= 11 is 0. The highest BCUT2D eigenvalue weighted by molar-refractivity contribution is 5.95. The van der Waals surface area contributed by atoms with Crippen LogP contribution in [0.3, 0.4) is 0 Å². The largest absolute Gasteiger partial charge is 0.506 e. The van der Waals surface area contributed by atoms with Crippen molar-refractivity contribution < 1.29 is 14.7 Å². The van der Waals surface area contributed by atoms with Gasteiger partial charge in [-0.25, -0.2) is 4.98 Å². The zero-order chi connectivity index (χ0) is 20.3. The molecule has 0 spiro atoms. The molecule has 0 aliphatic heterocycles. The standard InChI is InChI=1S/C21H24N4O3/c1-13-8-9-17(26)16(12-13)24-18(27)7-4-10-22-21(28)19-15(3)23-20-14(2)6-5-11-25(19)20/h5-6,8-9,11-12,26H,4,7,10H2,1-3H3,(H,22,28)(H,24,27). The Bertz CT molecular complexity index is 1040. The third kappa shape index (κ3) is 4.14. The lowest BCUT2D eigenvalue weighted by Gasteiger charge is -2.09. The summed E-state index contributed by atoms with van der Waals surface area (Å²) in [6.07, 6.45) is 2.54. The van der Waals surface area contributed by atoms with E-state index >= 15 is 0 Å². The number of nitrogens with one attached hydrogen (secondary N) is 2. The van der Waals surface area contributed by atoms with Crippen LogP contribution in [0.1, 0.15) is 40.2 Å². The number of anilines is 1. The number of phenolic OH excluding ortho intramolecular Hbond substituents is 1. The lowest BCUT2D eigenvalue weighted by Crippen LogP contribution is -2.27. The van der Waals surface area contributed by atoms with Crippen molar-refractivity contribution in [3.63, 3.8) is 0 Å². The van der Waals surface area contributed by atoms with Crippen molar-refractivity contribution >= 4 is 23.1 Å². The summed E-state index contributed by atoms with van der Waals surface area (Å²) in [5.74, 6) is -0.394. The lowest BCUT2D eigenvalue weighted by atomic mass is 10.2. The maximum absolute atomic E-state index is 12.6. The van der Waals surface area contributed by atoms with Gasteiger partial charge in [-0.1, -0.05) is 12.1 Å². The molecule has 3 rings (SSSR count). The van der Waals surface area contributed by atoms with E-state index in [9.17, 15) is 14.7 Å². The first-order chi connectivity index (χ1) is 13.4. The number of pyridine rings is 1. The highest BCUT2D eigenvalue weighted by Crippen LogP contribution is 2.24. The number of aromatic hydroxyl groups is 1. The second kappa shape index (κ2) is 8.12. The van der Waals surface area contributed by atoms with Crippen molar-refractivity contribution in [2.24, 2.45) is 0 Å². The van der Waals surface area contributed by atoms with E-state index in [2.05, 4.69) is 15.6 Å². The third-order valence-electron chi connectivity index (χ3n) is 4.53. The Balaban J connectivity index is 1.54. The quantitative estimate of drug-likeness (QED) is 0.452. The van der Waals surface area contributed by atoms with Crippen LogP contribution in [0, 0.1) is 20.8 Å². The Morgan fingerprint density at radius 3 is 2.75 bits per heavy atom. The van der Waals surface area contributed by atoms with Crippen LogP contribution in [0.4, 0.5) is 5.69 Å². The maximum atomic E-state index is 12.6. The number of nitrogens with zero attached hydrogens (tertiary/aromatic N) is 2. The number of phenols is 1. The number of fused-ring (bicyclic) bond motifs is 1. The van der Waals surface area contributed by atoms with Crippen molar-refractivity contribution in [1.82, 2.24) is 14.7 Å². The highest BCUT2D eigenvalue weighted by Gasteiger charge is 2.17. The van der Waals surface area contributed by atoms with Crippen LogP contribution < -0.4 is 10.6 Å². The molecule has 146 valence electrons. The van der Waals surface area contributed by atoms with Crippen LogP contribution in [-0.4, -0.2) is 32.9 Å². The molecule has 0 saturated heterocycles. The minimum Gasteiger partial charge on any atom is -0.506 e. The lowest BCUT2D eigenvalue weighted by molar-refractivity contribution is -0.116. The molecule has 0 aliphatic carbocycles. The molecule has 1 aromatic carbocycles. The number of imidazole rings is 1. The second-order valence-corrected chi connectivity index (χ2v) is 6.86. The summed E-state index contributed by atoms with van der Waals surface area (Å²) in [6.45, 7) is 6.01. The van der Waals surface area contributed by atoms with E-state index in [1.165, 1.54) is 0 Å². The number of aryl methyl sites for hydroxylation is 3. The SMILES string of the molecule is Cc1ccc(O)c(NC(=O)CCCNC(=O)c2c(C)nc3c(C)cccn23)c1. The minimum absolute atomic E-state index is 0.0330. The molecule has 0 fully saturated rings. The van der Waals surface area contributed by atoms with Gasteiger partial charge in [0, 0.05) is 19.2 Å². The molecule has 3 N–H and O–H groups in total. The number of benzene rings is 1. The predicted molar refractivity (Wildman–Crippen MR) is 108 cm³/mol. The summed E-state index contributed by atoms with van der Waals surface area (Å²) in [5.41, 5.74) is 4.28. The Morgan fingerprint density at radius 2 is 1.96 bits per heavy atom. The summed E-state index contributed by atoms with van der Waals surface area (Å²) < 4.78 is 1.78. The topological polar surface area (TPSA) is 95.7 Å². The number of hydrogen-bond acceptors (Lipinski definition) is 4. The number of rotatable bonds is 6. The van der Waals surface area contributed by atoms with Gasteiger partial charge in [0.15, 0.2) is 0 Å². The van der Waals surface area contributed by atoms with Crippen molar-refractivity contribution in [2.75, 3.05) is 11.9 Å². The minimum atomic E-state index is -0.215. The first-order valence-electron chi connectivity index (χ1n) is 9.18. The fourth-order valence-electron chi connectivity index (χ4n) is 3.09. The molecule has 0 unspecified atom stereocenters. The Hall–Kier alpha value is -3.35. The fraction of sp³-hybridized carbons (Fsp3) is 0.286. The molecule has 28 heavy (non-hydrogen) atoms. The van der Waals surface area contributed by atoms with Gasteiger partial charge >= 0.3 is 0 Å². The van der Waals surface area contributed by atoms with Gasteiger partial charge in [0.05, 0.1) is 11.4 Å². The molecule has 0 atom stereocenters. The number of carbonyl (C=O) groups is 2. The van der Waals surface area contributed by atoms with Crippen LogP contribution in [0.2, 0.25) is 0 Å². The zero-order valence-electron chi connectivity index (χ0n) is 16.2. The van der Waals surface area contributed by atoms with Gasteiger partial charge in [0.1, 0.15) is 17.1 Å². The van der Waals surface area contributed by atoms with E-state index in [1.54, 1.807) is 22.6 Å². The smallest absolute Gasteiger partial charge is 0.270 e. The first-order valence-corrected chi connectivity index (χ1v) is 9.18. The highest BCUT2D eigenvalue weighted by atomic mass is 16.3. The second-order valence-electron chi connectivity index (χ2n) is 6.86. The Labute approximate surface area is 163 Å². The average molecular weight is 380 g/mol. The van der Waals surface area contributed by atoms with Crippen molar-refractivity contribution in [1.29, 1.82) is 0 Å². The molecule has 2 heterocycles. The van der Waals surface area contributed by atoms with Crippen LogP contribution in [0.15, 0.2) is 36.5 Å². The third-order valence-corrected chi connectivity index (χ3v) is 4.53. The molecule has 7 nitrogen and oxygen atoms in total. The van der Waals surface area contributed by atoms with E-state index in [0.29, 0.717) is 30.0 Å². The molecule has 7 heteroatoms. The Morgan fingerprint density at radius 1 is 1.18 bits per heavy atom. The number of hydrogen-bond donors (Lipinski definition) is 3. The van der Waals surface area contributed by atoms with Gasteiger partial charge in [-0.15, -0.1) is 0 Å². The molecule has 2 amide bonds. The van der Waals surface area contributed by atoms with E-state index in [0.717, 1.165) is 16.8 Å². The van der Waals surface area contributed by atoms with E-state index in [-0.39, 0.29) is 24.0 Å². The predicted octanol–water partition coefficient (Wildman–Crippen LogP) is 3.11. The molecule has 0 aliphatic rings. The fourth-order valence-corrected chi connectivity index (χ4v) is 3.09. The number of aromatic nitrogens is 2. The van der Waals surface area contributed by atoms with Gasteiger partial charge in [0.2, 0.25) is 5.91 Å². The Kier molecular flexibility index (Phi) is 5.63. The van der Waals surface area contributed by atoms with Crippen molar-refractivity contribution in [3.8, 4) is 5.75 Å². The summed E-state index contributed by atoms with van der Waals surface area (Å²) in [4.78, 5) is 29.1. The van der Waals surface area contributed by atoms with Gasteiger partial charge in [-0.2, -0.15) is 0 Å². The van der Waals surface area contributed by atoms with Crippen molar-refractivity contribution in [3.05, 3.63) is 59.0 Å². The molecule has 0 saturated carbocycles. The van der Waals surface area contributed by atoms with E-state index in [4.69, 9.17) is 0 Å². The molecular weight excluding hydrogens is 356 g/mol. The summed E-state index contributed by atoms with van der Waals surface area (Å²) in [7, 11) is 0. The van der Waals surface area contributed by atoms with Crippen LogP contribution in [0.25, 0.3) is 5.65 Å². The molecule has 0 bridgehead atoms. The molecular formula is C21H24N4O3. The number of amides is 2. The average Bonchev–Trinajstić information content (AvgIpc) is 2.99. The van der Waals surface area contributed by atoms with Gasteiger partial charge in [-0.3, -0.25) is 14.0 Å². The van der Waals surface area contributed by atoms with Crippen LogP contribution in [-0.2, 0) is 4.79 Å². The maximum Gasteiger partial charge on any atom is 0.270 e. The zero-order valence-corrected chi connectivity index (χ0v) is 16.2. The summed E-state index contributed by atoms with van der Waals surface area (Å²) in [6, 6.07) is 8.86. The van der Waals surface area contributed by atoms with Gasteiger partial charge < -0.3 is 15.7 Å². The first kappa shape index (κ1) is 19.4. The van der Waals surface area contributed by atoms with Crippen molar-refractivity contribution in [2.45, 2.75) is 33.6 Å². The van der Waals surface area contributed by atoms with E-state index < -0.39 is 0 Å². The van der Waals surface area contributed by atoms with Gasteiger partial charge in [-0.05, 0) is 56.5 Å². The summed E-state index contributed by atoms with van der Waals surface area (Å²) in [5, 5.41) is 15.3. The monoisotopic (exact) mass is 380 g/mol. The molecule has 3 aromatic rings. The molecule has 2 aromatic heterocycles. The van der Waals surface area contributed by atoms with Crippen LogP contribution >= 0.6 is 0 Å². The van der Waals surface area contributed by atoms with Crippen LogP contribution in [0.5, 0.6) is 5.75 Å². The normalized spacial score (nSPS) is 10.8.